The quantitative estimate of drug-likeness (QED) is 0.0202. The van der Waals surface area contributed by atoms with E-state index in [0.717, 1.165) is 12.8 Å². The van der Waals surface area contributed by atoms with Crippen LogP contribution < -0.4 is 0 Å². The van der Waals surface area contributed by atoms with Crippen molar-refractivity contribution >= 4 is 43.9 Å². The first-order valence-corrected chi connectivity index (χ1v) is 51.8. The van der Waals surface area contributed by atoms with Gasteiger partial charge in [-0.3, -0.25) is 27.6 Å². The minimum Gasteiger partial charge on any atom is -0.390 e. The van der Waals surface area contributed by atoms with E-state index in [-0.39, 0.29) is 107 Å². The Hall–Kier alpha value is -0.700. The Morgan fingerprint density at radius 2 is 0.685 bits per heavy atom. The Kier molecular flexibility index (Phi) is 69.1. The normalized spacial score (nSPS) is 27.3. The van der Waals surface area contributed by atoms with Crippen LogP contribution in [0.1, 0.15) is 192 Å². The molecule has 0 spiro atoms. The van der Waals surface area contributed by atoms with Crippen LogP contribution >= 0.6 is 38.0 Å². The zero-order valence-electron chi connectivity index (χ0n) is 78.4. The van der Waals surface area contributed by atoms with Gasteiger partial charge in [0.25, 0.3) is 0 Å². The van der Waals surface area contributed by atoms with Crippen molar-refractivity contribution in [2.24, 2.45) is 11.8 Å². The Morgan fingerprint density at radius 3 is 1.08 bits per heavy atom. The Morgan fingerprint density at radius 1 is 0.363 bits per heavy atom. The predicted octanol–water partition coefficient (Wildman–Crippen LogP) is 8.01. The van der Waals surface area contributed by atoms with Gasteiger partial charge in [0.1, 0.15) is 48.8 Å². The topological polar surface area (TPSA) is 542 Å². The van der Waals surface area contributed by atoms with Crippen LogP contribution in [0.4, 0.5) is 0 Å². The maximum absolute atomic E-state index is 11.9. The second kappa shape index (κ2) is 68.3. The van der Waals surface area contributed by atoms with Gasteiger partial charge in [0.2, 0.25) is 5.91 Å². The summed E-state index contributed by atoms with van der Waals surface area (Å²) in [6.45, 7) is 50.0. The number of carbonyl (C=O) groups is 1. The molecule has 20 unspecified atom stereocenters. The Bertz CT molecular complexity index is 2900. The van der Waals surface area contributed by atoms with Gasteiger partial charge in [0.15, 0.2) is 18.9 Å². The number of nitrogens with zero attached hydrogens (tertiary/aromatic N) is 1. The minimum absolute atomic E-state index is 0.00352. The van der Waals surface area contributed by atoms with Crippen LogP contribution in [0.3, 0.4) is 0 Å². The molecule has 1 amide bonds. The molecule has 746 valence electrons. The van der Waals surface area contributed by atoms with Crippen molar-refractivity contribution in [2.45, 2.75) is 337 Å². The number of likely N-dealkylation sites (tertiary alicyclic amines) is 1. The SMILES string of the molecule is CC.CC(=O)N1C[C@H](OP(=O)(O)C(C)C)C[C@H]1COC(C)C.CC(C)OCC1OC(OCCCCCOP(=O)(O)C(C)C)C(C)C(O)C1O.CC(C)OCCOC1OC(COP(=O)(O)C(C)C)C(O)C(O)C1O.CC(C)OCCOCCOCCOCCOCCOCCOP(=O)(O)C(C)C.CCP(=O)(O)OCC1OC(OCCOC(C)C)C(C)C(O)C1O. The van der Waals surface area contributed by atoms with Crippen molar-refractivity contribution in [3.63, 3.8) is 0 Å². The van der Waals surface area contributed by atoms with Crippen molar-refractivity contribution in [3.05, 3.63) is 0 Å². The van der Waals surface area contributed by atoms with E-state index < -0.39 is 159 Å². The van der Waals surface area contributed by atoms with Gasteiger partial charge in [0, 0.05) is 38.1 Å². The molecule has 0 aromatic rings. The van der Waals surface area contributed by atoms with Crippen LogP contribution in [0.15, 0.2) is 0 Å². The van der Waals surface area contributed by atoms with Crippen LogP contribution in [0, 0.1) is 11.8 Å². The molecular formula is C79H166NO39P5. The van der Waals surface area contributed by atoms with E-state index in [1.165, 1.54) is 27.7 Å². The molecule has 0 saturated carbocycles. The summed E-state index contributed by atoms with van der Waals surface area (Å²) < 4.78 is 171. The number of ether oxygens (including phenoxy) is 16. The first-order chi connectivity index (χ1) is 57.8. The average molecular weight is 1910 g/mol. The molecule has 0 aromatic heterocycles. The number of hydrogen-bond donors (Lipinski definition) is 12. The molecular weight excluding hydrogens is 1740 g/mol. The van der Waals surface area contributed by atoms with Crippen LogP contribution in [-0.4, -0.2) is 374 Å². The monoisotopic (exact) mass is 1910 g/mol. The summed E-state index contributed by atoms with van der Waals surface area (Å²) in [7, 11) is -18.2. The van der Waals surface area contributed by atoms with Gasteiger partial charge in [-0.1, -0.05) is 90.0 Å². The molecule has 22 atom stereocenters. The highest BCUT2D eigenvalue weighted by Gasteiger charge is 2.48. The number of amides is 1. The highest BCUT2D eigenvalue weighted by molar-refractivity contribution is 7.54. The van der Waals surface area contributed by atoms with Gasteiger partial charge in [-0.15, -0.1) is 0 Å². The highest BCUT2D eigenvalue weighted by atomic mass is 31.2. The number of aliphatic hydroxyl groups is 7. The van der Waals surface area contributed by atoms with Crippen molar-refractivity contribution in [3.8, 4) is 0 Å². The summed E-state index contributed by atoms with van der Waals surface area (Å²) in [5, 5.41) is 70.2. The van der Waals surface area contributed by atoms with Crippen LogP contribution in [0.25, 0.3) is 0 Å². The second-order valence-corrected chi connectivity index (χ2v) is 44.0. The largest absolute Gasteiger partial charge is 0.390 e. The lowest BCUT2D eigenvalue weighted by molar-refractivity contribution is -0.301. The zero-order valence-corrected chi connectivity index (χ0v) is 82.9. The first-order valence-electron chi connectivity index (χ1n) is 43.5. The van der Waals surface area contributed by atoms with Gasteiger partial charge in [-0.2, -0.15) is 0 Å². The van der Waals surface area contributed by atoms with E-state index in [0.29, 0.717) is 105 Å². The lowest BCUT2D eigenvalue weighted by atomic mass is 9.92. The van der Waals surface area contributed by atoms with E-state index >= 15 is 0 Å². The van der Waals surface area contributed by atoms with E-state index in [9.17, 15) is 87.8 Å². The van der Waals surface area contributed by atoms with Gasteiger partial charge >= 0.3 is 38.0 Å². The summed E-state index contributed by atoms with van der Waals surface area (Å²) in [5.41, 5.74) is -1.88. The molecule has 4 rings (SSSR count). The molecule has 0 radical (unpaired) electrons. The molecule has 0 bridgehead atoms. The molecule has 12 N–H and O–H groups in total. The summed E-state index contributed by atoms with van der Waals surface area (Å²) >= 11 is 0. The lowest BCUT2D eigenvalue weighted by Gasteiger charge is -2.41. The van der Waals surface area contributed by atoms with E-state index in [4.69, 9.17) is 98.4 Å². The molecule has 4 aliphatic rings. The molecule has 40 nitrogen and oxygen atoms in total. The smallest absolute Gasteiger partial charge is 0.330 e. The molecule has 4 fully saturated rings. The van der Waals surface area contributed by atoms with Gasteiger partial charge in [-0.05, 0) is 94.9 Å². The summed E-state index contributed by atoms with van der Waals surface area (Å²) in [5.74, 6) is -0.872. The molecule has 0 aliphatic carbocycles. The third-order valence-corrected chi connectivity index (χ3v) is 27.3. The van der Waals surface area contributed by atoms with Crippen molar-refractivity contribution in [1.82, 2.24) is 4.90 Å². The lowest BCUT2D eigenvalue weighted by Crippen LogP contribution is -2.59. The highest BCUT2D eigenvalue weighted by Crippen LogP contribution is 2.51. The van der Waals surface area contributed by atoms with Crippen molar-refractivity contribution in [1.29, 1.82) is 0 Å². The van der Waals surface area contributed by atoms with E-state index in [2.05, 4.69) is 0 Å². The van der Waals surface area contributed by atoms with Crippen LogP contribution in [-0.2, 0) is 126 Å². The van der Waals surface area contributed by atoms with Crippen molar-refractivity contribution in [2.75, 3.05) is 158 Å². The minimum atomic E-state index is -3.85. The molecule has 45 heteroatoms. The first kappa shape index (κ1) is 125. The number of unbranched alkanes of at least 4 members (excludes halogenated alkanes) is 2. The molecule has 4 aliphatic heterocycles. The van der Waals surface area contributed by atoms with Crippen LogP contribution in [0.5, 0.6) is 0 Å². The Labute approximate surface area is 738 Å². The fourth-order valence-electron chi connectivity index (χ4n) is 10.5. The Balaban J connectivity index is 0. The van der Waals surface area contributed by atoms with Gasteiger partial charge in [0.05, 0.1) is 216 Å². The van der Waals surface area contributed by atoms with Gasteiger partial charge in [-0.25, -0.2) is 0 Å². The van der Waals surface area contributed by atoms with Crippen molar-refractivity contribution < 1.29 is 186 Å². The molecule has 4 heterocycles. The maximum atomic E-state index is 11.9. The van der Waals surface area contributed by atoms with Crippen LogP contribution in [0.2, 0.25) is 0 Å². The van der Waals surface area contributed by atoms with E-state index in [1.54, 1.807) is 60.3 Å². The molecule has 124 heavy (non-hydrogen) atoms. The fourth-order valence-corrected chi connectivity index (χ4v) is 13.9. The average Bonchev–Trinajstić information content (AvgIpc) is 1.25. The molecule has 0 aromatic carbocycles. The maximum Gasteiger partial charge on any atom is 0.330 e. The number of carbonyl (C=O) groups excluding carboxylic acids is 1. The van der Waals surface area contributed by atoms with Gasteiger partial charge < -0.3 is 164 Å². The van der Waals surface area contributed by atoms with E-state index in [1.807, 2.05) is 83.1 Å². The molecule has 4 saturated heterocycles. The summed E-state index contributed by atoms with van der Waals surface area (Å²) in [4.78, 5) is 61.2. The predicted molar refractivity (Wildman–Crippen MR) is 464 cm³/mol. The summed E-state index contributed by atoms with van der Waals surface area (Å²) in [6.07, 6.45) is -11.3. The number of aliphatic hydroxyl groups excluding tert-OH is 7. The third kappa shape index (κ3) is 55.8. The second-order valence-electron chi connectivity index (χ2n) is 32.2. The summed E-state index contributed by atoms with van der Waals surface area (Å²) in [6, 6.07) is -0.0907. The third-order valence-electron chi connectivity index (χ3n) is 18.5. The zero-order chi connectivity index (χ0) is 95.3. The standard InChI is InChI=1S/C18H39O9P.C18H37O8P.C14H29O9P.C14H29O8P.C13H26NO5P.C2H6/c1-17(2)26-15-13-24-11-9-22-7-5-21-6-8-23-10-12-25-14-16-27-28(19,20)18(3)4;1-12(2)24-11-15-17(20)16(19)14(5)18(26-15)23-9-7-6-8-10-25-27(21,22)13(3)4;1-8(2)20-5-6-21-14-13(17)12(16)11(15)10(23-14)7-22-24(18,19)9(3)4;1-5-23(17,18)21-8-11-13(16)12(15)10(4)14(22-11)20-7-6-19-9(2)3;1-9(2)18-8-12-6-13(7-14(12)11(5)15)19-20(16,17)10(3)4;1-2/h17-18H,5-16H2,1-4H3,(H,19,20);12-20H,6-11H2,1-5H3,(H,21,22);8-17H,5-7H2,1-4H3,(H,18,19);9-16H,5-8H2,1-4H3,(H,17,18);9-10,12-13H,6-8H2,1-5H3,(H,16,17);1-2H3/t;;;;12-,13+;/m....0./s1. The fraction of sp³-hybridized carbons (Fsp3) is 0.987. The number of hydrogen-bond acceptors (Lipinski definition) is 34. The number of rotatable bonds is 57.